The summed E-state index contributed by atoms with van der Waals surface area (Å²) in [6.07, 6.45) is 5.12. The number of ether oxygens (including phenoxy) is 1. The van der Waals surface area contributed by atoms with E-state index >= 15 is 0 Å². The normalized spacial score (nSPS) is 20.6. The summed E-state index contributed by atoms with van der Waals surface area (Å²) >= 11 is 0. The minimum absolute atomic E-state index is 0.208. The number of nitrogens with one attached hydrogen (secondary N) is 1. The van der Waals surface area contributed by atoms with Crippen molar-refractivity contribution in [1.82, 2.24) is 15.1 Å². The first kappa shape index (κ1) is 25.9. The second kappa shape index (κ2) is 11.7. The summed E-state index contributed by atoms with van der Waals surface area (Å²) in [6.45, 7) is 6.28. The lowest BCUT2D eigenvalue weighted by atomic mass is 9.96. The van der Waals surface area contributed by atoms with Crippen LogP contribution in [0.3, 0.4) is 0 Å². The van der Waals surface area contributed by atoms with E-state index in [0.29, 0.717) is 36.4 Å². The number of likely N-dealkylation sites (tertiary alicyclic amines) is 1. The number of rotatable bonds is 10. The number of carbonyl (C=O) groups excluding carboxylic acids is 3. The number of aldehydes is 1. The van der Waals surface area contributed by atoms with E-state index in [0.717, 1.165) is 24.0 Å². The van der Waals surface area contributed by atoms with E-state index < -0.39 is 6.04 Å². The molecule has 2 aliphatic heterocycles. The van der Waals surface area contributed by atoms with Gasteiger partial charge < -0.3 is 19.7 Å². The van der Waals surface area contributed by atoms with E-state index in [1.54, 1.807) is 12.1 Å². The Kier molecular flexibility index (Phi) is 8.41. The van der Waals surface area contributed by atoms with Gasteiger partial charge in [0.05, 0.1) is 6.54 Å². The molecule has 0 radical (unpaired) electrons. The Hall–Kier alpha value is -3.19. The standard InChI is InChI=1S/C29H37N3O4/c1-20-7-4-8-21(2)31(20)17-22-12-14-23(15-13-22)19-36-27-11-5-9-24-25(27)18-32(29(24)35)26(10-6-16-33)28(34)30-3/h5,9,11-16,20-21,26H,4,6-8,10,17-19H2,1-3H3,(H,30,34). The number of amides is 2. The number of fused-ring (bicyclic) bond motifs is 1. The number of nitrogens with zero attached hydrogens (tertiary/aromatic N) is 2. The average molecular weight is 492 g/mol. The highest BCUT2D eigenvalue weighted by atomic mass is 16.5. The fraction of sp³-hybridized carbons (Fsp3) is 0.483. The summed E-state index contributed by atoms with van der Waals surface area (Å²) < 4.78 is 6.16. The fourth-order valence-corrected chi connectivity index (χ4v) is 5.43. The summed E-state index contributed by atoms with van der Waals surface area (Å²) in [5.41, 5.74) is 3.70. The minimum atomic E-state index is -0.689. The third-order valence-corrected chi connectivity index (χ3v) is 7.59. The van der Waals surface area contributed by atoms with Crippen molar-refractivity contribution in [1.29, 1.82) is 0 Å². The lowest BCUT2D eigenvalue weighted by molar-refractivity contribution is -0.125. The van der Waals surface area contributed by atoms with E-state index in [-0.39, 0.29) is 24.8 Å². The van der Waals surface area contributed by atoms with Crippen LogP contribution in [-0.4, -0.2) is 53.1 Å². The summed E-state index contributed by atoms with van der Waals surface area (Å²) in [5.74, 6) is 0.170. The van der Waals surface area contributed by atoms with Gasteiger partial charge in [0.15, 0.2) is 0 Å². The molecule has 2 aromatic carbocycles. The van der Waals surface area contributed by atoms with Crippen LogP contribution >= 0.6 is 0 Å². The van der Waals surface area contributed by atoms with Crippen molar-refractivity contribution in [2.75, 3.05) is 7.05 Å². The molecule has 2 aromatic rings. The topological polar surface area (TPSA) is 79.0 Å². The molecular formula is C29H37N3O4. The minimum Gasteiger partial charge on any atom is -0.489 e. The molecule has 1 saturated heterocycles. The van der Waals surface area contributed by atoms with E-state index in [2.05, 4.69) is 48.3 Å². The first-order valence-electron chi connectivity index (χ1n) is 13.0. The molecule has 0 aromatic heterocycles. The number of benzene rings is 2. The van der Waals surface area contributed by atoms with Crippen molar-refractivity contribution >= 4 is 18.1 Å². The second-order valence-corrected chi connectivity index (χ2v) is 10.00. The van der Waals surface area contributed by atoms with Gasteiger partial charge in [-0.05, 0) is 56.4 Å². The van der Waals surface area contributed by atoms with Gasteiger partial charge in [0.25, 0.3) is 5.91 Å². The molecule has 7 heteroatoms. The van der Waals surface area contributed by atoms with Gasteiger partial charge in [-0.1, -0.05) is 36.8 Å². The molecule has 2 aliphatic rings. The van der Waals surface area contributed by atoms with Crippen LogP contribution in [0.25, 0.3) is 0 Å². The van der Waals surface area contributed by atoms with Crippen LogP contribution in [0, 0.1) is 0 Å². The highest BCUT2D eigenvalue weighted by Crippen LogP contribution is 2.33. The maximum atomic E-state index is 13.1. The van der Waals surface area contributed by atoms with Gasteiger partial charge in [0.1, 0.15) is 24.7 Å². The molecule has 0 aliphatic carbocycles. The molecule has 36 heavy (non-hydrogen) atoms. The largest absolute Gasteiger partial charge is 0.489 e. The molecule has 0 spiro atoms. The molecule has 3 atom stereocenters. The van der Waals surface area contributed by atoms with Gasteiger partial charge in [-0.2, -0.15) is 0 Å². The van der Waals surface area contributed by atoms with Crippen LogP contribution in [0.1, 0.15) is 73.0 Å². The monoisotopic (exact) mass is 491 g/mol. The van der Waals surface area contributed by atoms with E-state index in [9.17, 15) is 14.4 Å². The highest BCUT2D eigenvalue weighted by Gasteiger charge is 2.37. The molecule has 2 heterocycles. The van der Waals surface area contributed by atoms with Crippen molar-refractivity contribution in [2.45, 2.75) is 83.8 Å². The molecule has 1 fully saturated rings. The smallest absolute Gasteiger partial charge is 0.255 e. The van der Waals surface area contributed by atoms with Crippen LogP contribution in [-0.2, 0) is 29.3 Å². The average Bonchev–Trinajstić information content (AvgIpc) is 3.22. The Morgan fingerprint density at radius 2 is 1.81 bits per heavy atom. The zero-order valence-corrected chi connectivity index (χ0v) is 21.5. The molecule has 1 N–H and O–H groups in total. The lowest BCUT2D eigenvalue weighted by Gasteiger charge is -2.39. The molecule has 3 unspecified atom stereocenters. The summed E-state index contributed by atoms with van der Waals surface area (Å²) in [7, 11) is 1.54. The third-order valence-electron chi connectivity index (χ3n) is 7.59. The van der Waals surface area contributed by atoms with Crippen LogP contribution < -0.4 is 10.1 Å². The SMILES string of the molecule is CNC(=O)C(CCC=O)N1Cc2c(OCc3ccc(CN4C(C)CCCC4C)cc3)cccc2C1=O. The van der Waals surface area contributed by atoms with Crippen LogP contribution in [0.15, 0.2) is 42.5 Å². The van der Waals surface area contributed by atoms with Gasteiger partial charge >= 0.3 is 0 Å². The number of hydrogen-bond acceptors (Lipinski definition) is 5. The molecule has 0 saturated carbocycles. The number of piperidine rings is 1. The Morgan fingerprint density at radius 1 is 1.11 bits per heavy atom. The van der Waals surface area contributed by atoms with Gasteiger partial charge in [-0.25, -0.2) is 0 Å². The number of carbonyl (C=O) groups is 3. The third kappa shape index (κ3) is 5.62. The lowest BCUT2D eigenvalue weighted by Crippen LogP contribution is -2.46. The number of hydrogen-bond donors (Lipinski definition) is 1. The molecule has 7 nitrogen and oxygen atoms in total. The highest BCUT2D eigenvalue weighted by molar-refractivity contribution is 6.01. The predicted octanol–water partition coefficient (Wildman–Crippen LogP) is 4.08. The summed E-state index contributed by atoms with van der Waals surface area (Å²) in [5, 5.41) is 2.61. The van der Waals surface area contributed by atoms with E-state index in [1.807, 2.05) is 6.07 Å². The second-order valence-electron chi connectivity index (χ2n) is 10.00. The molecule has 2 amide bonds. The van der Waals surface area contributed by atoms with Crippen molar-refractivity contribution < 1.29 is 19.1 Å². The van der Waals surface area contributed by atoms with Crippen molar-refractivity contribution in [3.8, 4) is 5.75 Å². The van der Waals surface area contributed by atoms with E-state index in [4.69, 9.17) is 4.74 Å². The first-order chi connectivity index (χ1) is 17.4. The maximum Gasteiger partial charge on any atom is 0.255 e. The fourth-order valence-electron chi connectivity index (χ4n) is 5.43. The Bertz CT molecular complexity index is 1070. The van der Waals surface area contributed by atoms with Gasteiger partial charge in [-0.3, -0.25) is 14.5 Å². The summed E-state index contributed by atoms with van der Waals surface area (Å²) in [4.78, 5) is 40.6. The maximum absolute atomic E-state index is 13.1. The van der Waals surface area contributed by atoms with Crippen LogP contribution in [0.4, 0.5) is 0 Å². The Labute approximate surface area is 213 Å². The quantitative estimate of drug-likeness (QED) is 0.507. The van der Waals surface area contributed by atoms with Crippen molar-refractivity contribution in [3.05, 3.63) is 64.7 Å². The Morgan fingerprint density at radius 3 is 2.47 bits per heavy atom. The summed E-state index contributed by atoms with van der Waals surface area (Å²) in [6, 6.07) is 14.5. The predicted molar refractivity (Wildman–Crippen MR) is 139 cm³/mol. The van der Waals surface area contributed by atoms with Crippen molar-refractivity contribution in [2.24, 2.45) is 0 Å². The van der Waals surface area contributed by atoms with Crippen LogP contribution in [0.2, 0.25) is 0 Å². The Balaban J connectivity index is 1.41. The zero-order chi connectivity index (χ0) is 25.7. The van der Waals surface area contributed by atoms with Gasteiger partial charge in [0.2, 0.25) is 5.91 Å². The van der Waals surface area contributed by atoms with Gasteiger partial charge in [0, 0.05) is 43.2 Å². The van der Waals surface area contributed by atoms with Crippen LogP contribution in [0.5, 0.6) is 5.75 Å². The van der Waals surface area contributed by atoms with Crippen molar-refractivity contribution in [3.63, 3.8) is 0 Å². The number of likely N-dealkylation sites (N-methyl/N-ethyl adjacent to an activating group) is 1. The van der Waals surface area contributed by atoms with Gasteiger partial charge in [-0.15, -0.1) is 0 Å². The molecule has 0 bridgehead atoms. The first-order valence-corrected chi connectivity index (χ1v) is 13.0. The zero-order valence-electron chi connectivity index (χ0n) is 21.5. The molecule has 4 rings (SSSR count). The molecule has 192 valence electrons. The van der Waals surface area contributed by atoms with E-state index in [1.165, 1.54) is 36.8 Å². The molecular weight excluding hydrogens is 454 g/mol.